The molecule has 20 heavy (non-hydrogen) atoms. The maximum absolute atomic E-state index is 5.91. The number of rotatable bonds is 7. The molecule has 1 aromatic carbocycles. The van der Waals surface area contributed by atoms with Crippen LogP contribution in [0.3, 0.4) is 0 Å². The lowest BCUT2D eigenvalue weighted by atomic mass is 9.97. The Morgan fingerprint density at radius 1 is 1.25 bits per heavy atom. The van der Waals surface area contributed by atoms with Gasteiger partial charge in [0.2, 0.25) is 0 Å². The van der Waals surface area contributed by atoms with Gasteiger partial charge in [0, 0.05) is 12.1 Å². The van der Waals surface area contributed by atoms with Crippen LogP contribution in [0.4, 0.5) is 0 Å². The largest absolute Gasteiger partial charge is 0.493 e. The van der Waals surface area contributed by atoms with Crippen molar-refractivity contribution in [1.82, 2.24) is 4.90 Å². The molecule has 1 saturated heterocycles. The molecular weight excluding hydrogens is 248 g/mol. The van der Waals surface area contributed by atoms with Gasteiger partial charge in [-0.25, -0.2) is 0 Å². The molecule has 0 spiro atoms. The number of hydrogen-bond acceptors (Lipinski definition) is 3. The maximum atomic E-state index is 5.91. The minimum absolute atomic E-state index is 0.724. The van der Waals surface area contributed by atoms with Crippen LogP contribution in [0.1, 0.15) is 38.2 Å². The molecule has 2 rings (SSSR count). The second-order valence-electron chi connectivity index (χ2n) is 5.76. The van der Waals surface area contributed by atoms with Crippen LogP contribution < -0.4 is 10.5 Å². The third kappa shape index (κ3) is 4.50. The van der Waals surface area contributed by atoms with Crippen LogP contribution in [0.5, 0.6) is 5.75 Å². The van der Waals surface area contributed by atoms with Gasteiger partial charge in [-0.3, -0.25) is 4.90 Å². The molecule has 0 aliphatic carbocycles. The highest BCUT2D eigenvalue weighted by molar-refractivity contribution is 5.33. The number of benzene rings is 1. The van der Waals surface area contributed by atoms with Gasteiger partial charge in [0.1, 0.15) is 5.75 Å². The summed E-state index contributed by atoms with van der Waals surface area (Å²) in [7, 11) is 0. The number of piperidine rings is 1. The first-order valence-electron chi connectivity index (χ1n) is 7.96. The fraction of sp³-hybridized carbons (Fsp3) is 0.647. The molecule has 0 radical (unpaired) electrons. The van der Waals surface area contributed by atoms with Crippen molar-refractivity contribution < 1.29 is 4.74 Å². The Labute approximate surface area is 123 Å². The number of hydrogen-bond donors (Lipinski definition) is 1. The van der Waals surface area contributed by atoms with Crippen molar-refractivity contribution >= 4 is 0 Å². The van der Waals surface area contributed by atoms with Gasteiger partial charge in [-0.05, 0) is 50.9 Å². The van der Waals surface area contributed by atoms with Crippen molar-refractivity contribution in [2.24, 2.45) is 11.7 Å². The van der Waals surface area contributed by atoms with Gasteiger partial charge in [-0.2, -0.15) is 0 Å². The zero-order valence-electron chi connectivity index (χ0n) is 12.7. The molecule has 1 aromatic rings. The number of unbranched alkanes of at least 4 members (excludes halogenated alkanes) is 1. The Morgan fingerprint density at radius 3 is 2.70 bits per heavy atom. The highest BCUT2D eigenvalue weighted by Crippen LogP contribution is 2.23. The second-order valence-corrected chi connectivity index (χ2v) is 5.76. The van der Waals surface area contributed by atoms with Gasteiger partial charge in [-0.15, -0.1) is 0 Å². The highest BCUT2D eigenvalue weighted by Gasteiger charge is 2.18. The van der Waals surface area contributed by atoms with Crippen molar-refractivity contribution in [2.45, 2.75) is 39.2 Å². The van der Waals surface area contributed by atoms with Crippen molar-refractivity contribution in [3.63, 3.8) is 0 Å². The number of likely N-dealkylation sites (tertiary alicyclic amines) is 1. The van der Waals surface area contributed by atoms with Crippen molar-refractivity contribution in [2.75, 3.05) is 26.2 Å². The number of para-hydroxylation sites is 1. The molecule has 0 bridgehead atoms. The molecule has 1 aliphatic rings. The van der Waals surface area contributed by atoms with E-state index in [9.17, 15) is 0 Å². The summed E-state index contributed by atoms with van der Waals surface area (Å²) in [5, 5.41) is 0. The van der Waals surface area contributed by atoms with E-state index in [1.54, 1.807) is 0 Å². The molecule has 1 fully saturated rings. The zero-order chi connectivity index (χ0) is 14.2. The minimum Gasteiger partial charge on any atom is -0.493 e. The number of nitrogens with two attached hydrogens (primary N) is 1. The molecule has 112 valence electrons. The zero-order valence-corrected chi connectivity index (χ0v) is 12.7. The lowest BCUT2D eigenvalue weighted by Gasteiger charge is -2.31. The lowest BCUT2D eigenvalue weighted by Crippen LogP contribution is -2.35. The Morgan fingerprint density at radius 2 is 2.00 bits per heavy atom. The SMILES string of the molecule is CCCCOc1ccccc1CN1CCC(CN)CC1. The van der Waals surface area contributed by atoms with Crippen LogP contribution in [-0.2, 0) is 6.54 Å². The van der Waals surface area contributed by atoms with Crippen LogP contribution in [-0.4, -0.2) is 31.1 Å². The molecular formula is C17H28N2O. The molecule has 3 heteroatoms. The van der Waals surface area contributed by atoms with Crippen LogP contribution >= 0.6 is 0 Å². The fourth-order valence-electron chi connectivity index (χ4n) is 2.72. The standard InChI is InChI=1S/C17H28N2O/c1-2-3-12-20-17-7-5-4-6-16(17)14-19-10-8-15(13-18)9-11-19/h4-7,15H,2-3,8-14,18H2,1H3. The first kappa shape index (κ1) is 15.3. The first-order valence-corrected chi connectivity index (χ1v) is 7.96. The van der Waals surface area contributed by atoms with E-state index in [2.05, 4.69) is 36.1 Å². The Hall–Kier alpha value is -1.06. The fourth-order valence-corrected chi connectivity index (χ4v) is 2.72. The summed E-state index contributed by atoms with van der Waals surface area (Å²) < 4.78 is 5.91. The minimum atomic E-state index is 0.724. The summed E-state index contributed by atoms with van der Waals surface area (Å²) >= 11 is 0. The summed E-state index contributed by atoms with van der Waals surface area (Å²) in [5.41, 5.74) is 7.07. The molecule has 1 heterocycles. The quantitative estimate of drug-likeness (QED) is 0.778. The van der Waals surface area contributed by atoms with Crippen LogP contribution in [0.25, 0.3) is 0 Å². The van der Waals surface area contributed by atoms with E-state index in [1.165, 1.54) is 24.8 Å². The van der Waals surface area contributed by atoms with Gasteiger partial charge in [0.25, 0.3) is 0 Å². The highest BCUT2D eigenvalue weighted by atomic mass is 16.5. The van der Waals surface area contributed by atoms with Crippen LogP contribution in [0, 0.1) is 5.92 Å². The van der Waals surface area contributed by atoms with Gasteiger partial charge in [0.05, 0.1) is 6.61 Å². The molecule has 2 N–H and O–H groups in total. The molecule has 3 nitrogen and oxygen atoms in total. The Kier molecular flexibility index (Phi) is 6.34. The van der Waals surface area contributed by atoms with E-state index >= 15 is 0 Å². The van der Waals surface area contributed by atoms with Crippen LogP contribution in [0.15, 0.2) is 24.3 Å². The monoisotopic (exact) mass is 276 g/mol. The molecule has 0 unspecified atom stereocenters. The van der Waals surface area contributed by atoms with E-state index in [0.717, 1.165) is 50.9 Å². The summed E-state index contributed by atoms with van der Waals surface area (Å²) in [4.78, 5) is 2.52. The summed E-state index contributed by atoms with van der Waals surface area (Å²) in [5.74, 6) is 1.78. The normalized spacial score (nSPS) is 17.3. The van der Waals surface area contributed by atoms with Gasteiger partial charge >= 0.3 is 0 Å². The smallest absolute Gasteiger partial charge is 0.123 e. The van der Waals surface area contributed by atoms with E-state index < -0.39 is 0 Å². The molecule has 0 atom stereocenters. The third-order valence-electron chi connectivity index (χ3n) is 4.16. The maximum Gasteiger partial charge on any atom is 0.123 e. The summed E-state index contributed by atoms with van der Waals surface area (Å²) in [6, 6.07) is 8.45. The van der Waals surface area contributed by atoms with E-state index in [4.69, 9.17) is 10.5 Å². The van der Waals surface area contributed by atoms with Gasteiger partial charge in [-0.1, -0.05) is 31.5 Å². The van der Waals surface area contributed by atoms with E-state index in [1.807, 2.05) is 0 Å². The van der Waals surface area contributed by atoms with Crippen LogP contribution in [0.2, 0.25) is 0 Å². The molecule has 1 aliphatic heterocycles. The van der Waals surface area contributed by atoms with Gasteiger partial charge in [0.15, 0.2) is 0 Å². The summed E-state index contributed by atoms with van der Waals surface area (Å²) in [6.45, 7) is 7.17. The number of ether oxygens (including phenoxy) is 1. The predicted molar refractivity (Wildman–Crippen MR) is 83.9 cm³/mol. The number of nitrogens with zero attached hydrogens (tertiary/aromatic N) is 1. The Balaban J connectivity index is 1.88. The lowest BCUT2D eigenvalue weighted by molar-refractivity contribution is 0.177. The topological polar surface area (TPSA) is 38.5 Å². The first-order chi connectivity index (χ1) is 9.83. The Bertz CT molecular complexity index is 386. The third-order valence-corrected chi connectivity index (χ3v) is 4.16. The average Bonchev–Trinajstić information content (AvgIpc) is 2.50. The second kappa shape index (κ2) is 8.28. The predicted octanol–water partition coefficient (Wildman–Crippen LogP) is 3.04. The molecule has 0 amide bonds. The van der Waals surface area contributed by atoms with Crippen molar-refractivity contribution in [3.05, 3.63) is 29.8 Å². The van der Waals surface area contributed by atoms with Crippen molar-refractivity contribution in [3.8, 4) is 5.75 Å². The van der Waals surface area contributed by atoms with E-state index in [-0.39, 0.29) is 0 Å². The summed E-state index contributed by atoms with van der Waals surface area (Å²) in [6.07, 6.45) is 4.76. The molecule has 0 aromatic heterocycles. The van der Waals surface area contributed by atoms with Crippen molar-refractivity contribution in [1.29, 1.82) is 0 Å². The molecule has 0 saturated carbocycles. The van der Waals surface area contributed by atoms with E-state index in [0.29, 0.717) is 0 Å². The average molecular weight is 276 g/mol. The van der Waals surface area contributed by atoms with Gasteiger partial charge < -0.3 is 10.5 Å².